The van der Waals surface area contributed by atoms with Crippen LogP contribution in [0.1, 0.15) is 45.3 Å². The molecule has 1 atom stereocenters. The Morgan fingerprint density at radius 2 is 1.90 bits per heavy atom. The van der Waals surface area contributed by atoms with E-state index in [9.17, 15) is 15.0 Å². The van der Waals surface area contributed by atoms with Crippen molar-refractivity contribution < 1.29 is 24.2 Å². The molecule has 1 aliphatic rings. The largest absolute Gasteiger partial charge is 0.504 e. The molecular weight excluding hydrogens is 272 g/mol. The number of aryl methyl sites for hydroxylation is 2. The lowest BCUT2D eigenvalue weighted by atomic mass is 9.74. The Morgan fingerprint density at radius 1 is 1.24 bits per heavy atom. The number of carbonyl (C=O) groups is 1. The summed E-state index contributed by atoms with van der Waals surface area (Å²) in [5, 5.41) is 21.3. The molecule has 21 heavy (non-hydrogen) atoms. The fourth-order valence-corrected chi connectivity index (χ4v) is 3.23. The first-order chi connectivity index (χ1) is 9.80. The zero-order chi connectivity index (χ0) is 15.5. The van der Waals surface area contributed by atoms with Crippen LogP contribution in [0.2, 0.25) is 0 Å². The van der Waals surface area contributed by atoms with Gasteiger partial charge in [0.25, 0.3) is 0 Å². The number of ketones is 1. The monoisotopic (exact) mass is 288 g/mol. The molecule has 1 aromatic heterocycles. The number of methoxy groups -OCH3 is 1. The third kappa shape index (κ3) is 1.58. The standard InChI is InChI=1S/C16H16O5/c1-7-5-9(20-4)13(17)10-11(7)16(3,19)12-8(2)6-21-15(12)14(10)18/h5-6,17,19H,1-4H3/t16-/m0/s1. The number of aliphatic hydroxyl groups is 1. The second-order valence-electron chi connectivity index (χ2n) is 5.52. The highest BCUT2D eigenvalue weighted by Gasteiger charge is 2.45. The minimum absolute atomic E-state index is 0.0405. The molecule has 0 radical (unpaired) electrons. The second kappa shape index (κ2) is 4.11. The molecule has 2 N–H and O–H groups in total. The van der Waals surface area contributed by atoms with E-state index in [-0.39, 0.29) is 22.8 Å². The average Bonchev–Trinajstić information content (AvgIpc) is 2.81. The molecule has 0 aliphatic heterocycles. The minimum Gasteiger partial charge on any atom is -0.504 e. The molecule has 0 amide bonds. The number of fused-ring (bicyclic) bond motifs is 2. The summed E-state index contributed by atoms with van der Waals surface area (Å²) in [6.45, 7) is 5.13. The van der Waals surface area contributed by atoms with Crippen LogP contribution in [0.15, 0.2) is 16.7 Å². The fraction of sp³-hybridized carbons (Fsp3) is 0.312. The first-order valence-corrected chi connectivity index (χ1v) is 6.57. The van der Waals surface area contributed by atoms with Gasteiger partial charge in [-0.2, -0.15) is 0 Å². The van der Waals surface area contributed by atoms with Gasteiger partial charge >= 0.3 is 0 Å². The van der Waals surface area contributed by atoms with E-state index in [4.69, 9.17) is 9.15 Å². The maximum Gasteiger partial charge on any atom is 0.232 e. The molecule has 0 fully saturated rings. The number of carbonyl (C=O) groups excluding carboxylic acids is 1. The lowest BCUT2D eigenvalue weighted by Gasteiger charge is -2.32. The molecule has 0 bridgehead atoms. The van der Waals surface area contributed by atoms with Crippen molar-refractivity contribution in [2.24, 2.45) is 0 Å². The summed E-state index contributed by atoms with van der Waals surface area (Å²) < 4.78 is 10.4. The van der Waals surface area contributed by atoms with Crippen LogP contribution in [0, 0.1) is 13.8 Å². The Labute approximate surface area is 121 Å². The number of benzene rings is 1. The van der Waals surface area contributed by atoms with Gasteiger partial charge in [-0.1, -0.05) is 0 Å². The summed E-state index contributed by atoms with van der Waals surface area (Å²) >= 11 is 0. The maximum absolute atomic E-state index is 12.6. The van der Waals surface area contributed by atoms with Crippen molar-refractivity contribution in [3.63, 3.8) is 0 Å². The molecule has 5 heteroatoms. The summed E-state index contributed by atoms with van der Waals surface area (Å²) in [7, 11) is 1.41. The van der Waals surface area contributed by atoms with Gasteiger partial charge in [-0.25, -0.2) is 0 Å². The summed E-state index contributed by atoms with van der Waals surface area (Å²) in [6, 6.07) is 1.61. The molecule has 0 saturated carbocycles. The molecule has 0 unspecified atom stereocenters. The molecule has 0 spiro atoms. The second-order valence-corrected chi connectivity index (χ2v) is 5.52. The Balaban J connectivity index is 2.44. The van der Waals surface area contributed by atoms with Crippen LogP contribution in [0.3, 0.4) is 0 Å². The Morgan fingerprint density at radius 3 is 2.52 bits per heavy atom. The SMILES string of the molecule is COc1cc(C)c2c(c1O)C(=O)c1occ(C)c1[C@@]2(C)O. The predicted octanol–water partition coefficient (Wildman–Crippen LogP) is 2.41. The van der Waals surface area contributed by atoms with Crippen molar-refractivity contribution in [2.75, 3.05) is 7.11 Å². The highest BCUT2D eigenvalue weighted by atomic mass is 16.5. The maximum atomic E-state index is 12.6. The average molecular weight is 288 g/mol. The third-order valence-corrected chi connectivity index (χ3v) is 4.06. The van der Waals surface area contributed by atoms with Crippen LogP contribution in [0.25, 0.3) is 0 Å². The summed E-state index contributed by atoms with van der Waals surface area (Å²) in [6.07, 6.45) is 1.44. The van der Waals surface area contributed by atoms with Crippen molar-refractivity contribution in [3.8, 4) is 11.5 Å². The van der Waals surface area contributed by atoms with Crippen molar-refractivity contribution in [2.45, 2.75) is 26.4 Å². The lowest BCUT2D eigenvalue weighted by molar-refractivity contribution is 0.0817. The van der Waals surface area contributed by atoms with Gasteiger partial charge in [0.2, 0.25) is 5.78 Å². The van der Waals surface area contributed by atoms with E-state index in [0.717, 1.165) is 0 Å². The van der Waals surface area contributed by atoms with E-state index in [0.29, 0.717) is 22.3 Å². The van der Waals surface area contributed by atoms with Crippen LogP contribution in [0.5, 0.6) is 11.5 Å². The summed E-state index contributed by atoms with van der Waals surface area (Å²) in [5.41, 5.74) is 0.839. The smallest absolute Gasteiger partial charge is 0.232 e. The van der Waals surface area contributed by atoms with Crippen molar-refractivity contribution in [1.29, 1.82) is 0 Å². The Bertz CT molecular complexity index is 767. The van der Waals surface area contributed by atoms with Gasteiger partial charge < -0.3 is 19.4 Å². The molecule has 1 heterocycles. The van der Waals surface area contributed by atoms with Gasteiger partial charge in [-0.3, -0.25) is 4.79 Å². The van der Waals surface area contributed by atoms with Gasteiger partial charge in [0.15, 0.2) is 17.3 Å². The first kappa shape index (κ1) is 13.7. The third-order valence-electron chi connectivity index (χ3n) is 4.06. The van der Waals surface area contributed by atoms with Gasteiger partial charge in [-0.05, 0) is 38.0 Å². The van der Waals surface area contributed by atoms with E-state index < -0.39 is 11.4 Å². The normalized spacial score (nSPS) is 20.1. The molecule has 110 valence electrons. The number of hydrogen-bond acceptors (Lipinski definition) is 5. The van der Waals surface area contributed by atoms with Crippen LogP contribution in [-0.4, -0.2) is 23.1 Å². The number of furan rings is 1. The zero-order valence-electron chi connectivity index (χ0n) is 12.3. The van der Waals surface area contributed by atoms with Crippen molar-refractivity contribution >= 4 is 5.78 Å². The van der Waals surface area contributed by atoms with Crippen LogP contribution >= 0.6 is 0 Å². The quantitative estimate of drug-likeness (QED) is 0.842. The van der Waals surface area contributed by atoms with Gasteiger partial charge in [-0.15, -0.1) is 0 Å². The minimum atomic E-state index is -1.41. The molecule has 3 rings (SSSR count). The number of aromatic hydroxyl groups is 1. The molecule has 1 aliphatic carbocycles. The molecule has 0 saturated heterocycles. The topological polar surface area (TPSA) is 79.9 Å². The number of rotatable bonds is 1. The molecule has 1 aromatic carbocycles. The number of phenolic OH excluding ortho intramolecular Hbond substituents is 1. The first-order valence-electron chi connectivity index (χ1n) is 6.57. The zero-order valence-corrected chi connectivity index (χ0v) is 12.3. The number of ether oxygens (including phenoxy) is 1. The van der Waals surface area contributed by atoms with Gasteiger partial charge in [0, 0.05) is 11.1 Å². The van der Waals surface area contributed by atoms with Gasteiger partial charge in [0.1, 0.15) is 5.60 Å². The summed E-state index contributed by atoms with van der Waals surface area (Å²) in [5.74, 6) is -0.461. The highest BCUT2D eigenvalue weighted by molar-refractivity contribution is 6.13. The predicted molar refractivity (Wildman–Crippen MR) is 74.9 cm³/mol. The number of hydrogen-bond donors (Lipinski definition) is 2. The lowest BCUT2D eigenvalue weighted by Crippen LogP contribution is -2.33. The van der Waals surface area contributed by atoms with E-state index >= 15 is 0 Å². The van der Waals surface area contributed by atoms with E-state index in [1.54, 1.807) is 26.8 Å². The summed E-state index contributed by atoms with van der Waals surface area (Å²) in [4.78, 5) is 12.6. The van der Waals surface area contributed by atoms with Crippen LogP contribution < -0.4 is 4.74 Å². The van der Waals surface area contributed by atoms with Gasteiger partial charge in [0.05, 0.1) is 18.9 Å². The van der Waals surface area contributed by atoms with Crippen molar-refractivity contribution in [1.82, 2.24) is 0 Å². The highest BCUT2D eigenvalue weighted by Crippen LogP contribution is 2.48. The van der Waals surface area contributed by atoms with E-state index in [1.165, 1.54) is 13.4 Å². The molecule has 2 aromatic rings. The van der Waals surface area contributed by atoms with E-state index in [1.807, 2.05) is 0 Å². The Hall–Kier alpha value is -2.27. The Kier molecular flexibility index (Phi) is 2.68. The fourth-order valence-electron chi connectivity index (χ4n) is 3.23. The van der Waals surface area contributed by atoms with Crippen molar-refractivity contribution in [3.05, 3.63) is 45.9 Å². The van der Waals surface area contributed by atoms with Crippen LogP contribution in [0.4, 0.5) is 0 Å². The number of phenols is 1. The molecular formula is C16H16O5. The molecule has 5 nitrogen and oxygen atoms in total. The van der Waals surface area contributed by atoms with E-state index in [2.05, 4.69) is 0 Å². The van der Waals surface area contributed by atoms with Crippen LogP contribution in [-0.2, 0) is 5.60 Å².